The zero-order valence-corrected chi connectivity index (χ0v) is 11.6. The third-order valence-electron chi connectivity index (χ3n) is 3.29. The van der Waals surface area contributed by atoms with Crippen molar-refractivity contribution in [3.8, 4) is 0 Å². The fourth-order valence-corrected chi connectivity index (χ4v) is 1.87. The normalized spacial score (nSPS) is 19.7. The van der Waals surface area contributed by atoms with Crippen molar-refractivity contribution in [3.05, 3.63) is 45.5 Å². The molecule has 2 rings (SSSR count). The van der Waals surface area contributed by atoms with Crippen molar-refractivity contribution in [1.82, 2.24) is 5.32 Å². The number of amides is 1. The second kappa shape index (κ2) is 6.34. The topological polar surface area (TPSA) is 98.5 Å². The van der Waals surface area contributed by atoms with Crippen molar-refractivity contribution >= 4 is 11.9 Å². The van der Waals surface area contributed by atoms with Crippen molar-refractivity contribution in [2.24, 2.45) is 5.92 Å². The van der Waals surface area contributed by atoms with Gasteiger partial charge >= 0.3 is 5.97 Å². The highest BCUT2D eigenvalue weighted by molar-refractivity contribution is 5.82. The van der Waals surface area contributed by atoms with Gasteiger partial charge in [0.05, 0.1) is 0 Å². The lowest BCUT2D eigenvalue weighted by Gasteiger charge is -2.06. The van der Waals surface area contributed by atoms with E-state index in [2.05, 4.69) is 5.32 Å². The minimum Gasteiger partial charge on any atom is -0.455 e. The van der Waals surface area contributed by atoms with Gasteiger partial charge in [-0.25, -0.2) is 0 Å². The van der Waals surface area contributed by atoms with Crippen LogP contribution in [0.1, 0.15) is 17.5 Å². The predicted octanol–water partition coefficient (Wildman–Crippen LogP) is 0.820. The van der Waals surface area contributed by atoms with Crippen LogP contribution in [0.5, 0.6) is 0 Å². The fourth-order valence-electron chi connectivity index (χ4n) is 1.87. The molecule has 1 saturated carbocycles. The van der Waals surface area contributed by atoms with Crippen LogP contribution >= 0.6 is 0 Å². The SMILES string of the molecule is Cc1ccc(CNC(=O)COC(=O)C2CC2[N+](=O)[O-])cc1. The summed E-state index contributed by atoms with van der Waals surface area (Å²) in [4.78, 5) is 32.9. The maximum Gasteiger partial charge on any atom is 0.316 e. The summed E-state index contributed by atoms with van der Waals surface area (Å²) < 4.78 is 4.76. The Kier molecular flexibility index (Phi) is 4.52. The Labute approximate surface area is 121 Å². The molecule has 1 amide bonds. The van der Waals surface area contributed by atoms with Crippen molar-refractivity contribution in [2.75, 3.05) is 6.61 Å². The molecule has 1 aliphatic carbocycles. The third kappa shape index (κ3) is 4.27. The molecule has 0 heterocycles. The number of carbonyl (C=O) groups excluding carboxylic acids is 2. The molecule has 1 fully saturated rings. The summed E-state index contributed by atoms with van der Waals surface area (Å²) in [5.74, 6) is -1.81. The molecular weight excluding hydrogens is 276 g/mol. The van der Waals surface area contributed by atoms with E-state index in [1.54, 1.807) is 0 Å². The minimum atomic E-state index is -0.854. The second-order valence-corrected chi connectivity index (χ2v) is 5.06. The number of nitro groups is 1. The number of nitrogens with one attached hydrogen (secondary N) is 1. The van der Waals surface area contributed by atoms with Crippen LogP contribution in [-0.2, 0) is 20.9 Å². The van der Waals surface area contributed by atoms with Crippen LogP contribution in [0.2, 0.25) is 0 Å². The van der Waals surface area contributed by atoms with Crippen molar-refractivity contribution in [1.29, 1.82) is 0 Å². The Morgan fingerprint density at radius 3 is 2.62 bits per heavy atom. The van der Waals surface area contributed by atoms with E-state index in [-0.39, 0.29) is 6.42 Å². The molecule has 2 atom stereocenters. The van der Waals surface area contributed by atoms with Gasteiger partial charge in [0.25, 0.3) is 5.91 Å². The van der Waals surface area contributed by atoms with Crippen LogP contribution in [0, 0.1) is 23.0 Å². The molecule has 2 unspecified atom stereocenters. The van der Waals surface area contributed by atoms with Gasteiger partial charge in [-0.15, -0.1) is 0 Å². The van der Waals surface area contributed by atoms with Gasteiger partial charge in [-0.3, -0.25) is 19.7 Å². The van der Waals surface area contributed by atoms with Gasteiger partial charge in [0.2, 0.25) is 6.04 Å². The number of ether oxygens (including phenoxy) is 1. The summed E-state index contributed by atoms with van der Waals surface area (Å²) in [6.07, 6.45) is 0.191. The first kappa shape index (κ1) is 15.0. The molecule has 1 aromatic carbocycles. The van der Waals surface area contributed by atoms with Crippen LogP contribution in [0.25, 0.3) is 0 Å². The van der Waals surface area contributed by atoms with Crippen molar-refractivity contribution < 1.29 is 19.2 Å². The Balaban J connectivity index is 1.67. The molecule has 1 aromatic rings. The molecule has 0 bridgehead atoms. The van der Waals surface area contributed by atoms with Gasteiger partial charge in [0, 0.05) is 17.9 Å². The minimum absolute atomic E-state index is 0.191. The quantitative estimate of drug-likeness (QED) is 0.475. The van der Waals surface area contributed by atoms with E-state index in [0.717, 1.165) is 11.1 Å². The Morgan fingerprint density at radius 2 is 2.05 bits per heavy atom. The molecule has 0 radical (unpaired) electrons. The van der Waals surface area contributed by atoms with Crippen LogP contribution in [-0.4, -0.2) is 29.4 Å². The average Bonchev–Trinajstić information content (AvgIpc) is 3.25. The van der Waals surface area contributed by atoms with E-state index in [1.165, 1.54) is 0 Å². The maximum atomic E-state index is 11.5. The molecule has 21 heavy (non-hydrogen) atoms. The van der Waals surface area contributed by atoms with Gasteiger partial charge in [-0.1, -0.05) is 29.8 Å². The first-order valence-electron chi connectivity index (χ1n) is 6.59. The van der Waals surface area contributed by atoms with E-state index >= 15 is 0 Å². The molecule has 1 N–H and O–H groups in total. The number of hydrogen-bond acceptors (Lipinski definition) is 5. The van der Waals surface area contributed by atoms with E-state index in [0.29, 0.717) is 6.54 Å². The maximum absolute atomic E-state index is 11.5. The average molecular weight is 292 g/mol. The molecule has 7 heteroatoms. The zero-order chi connectivity index (χ0) is 15.4. The summed E-state index contributed by atoms with van der Waals surface area (Å²) >= 11 is 0. The lowest BCUT2D eigenvalue weighted by Crippen LogP contribution is -2.29. The lowest BCUT2D eigenvalue weighted by molar-refractivity contribution is -0.497. The van der Waals surface area contributed by atoms with Gasteiger partial charge in [0.1, 0.15) is 5.92 Å². The number of rotatable bonds is 6. The van der Waals surface area contributed by atoms with Gasteiger partial charge in [0.15, 0.2) is 6.61 Å². The van der Waals surface area contributed by atoms with E-state index in [1.807, 2.05) is 31.2 Å². The van der Waals surface area contributed by atoms with Crippen molar-refractivity contribution in [2.45, 2.75) is 25.9 Å². The van der Waals surface area contributed by atoms with Crippen LogP contribution in [0.3, 0.4) is 0 Å². The highest BCUT2D eigenvalue weighted by Gasteiger charge is 2.54. The standard InChI is InChI=1S/C14H16N2O5/c1-9-2-4-10(5-3-9)7-15-13(17)8-21-14(18)11-6-12(11)16(19)20/h2-5,11-12H,6-8H2,1H3,(H,15,17). The fraction of sp³-hybridized carbons (Fsp3) is 0.429. The summed E-state index contributed by atoms with van der Waals surface area (Å²) in [6.45, 7) is 1.90. The Bertz CT molecular complexity index is 555. The molecule has 7 nitrogen and oxygen atoms in total. The summed E-state index contributed by atoms with van der Waals surface area (Å²) in [5.41, 5.74) is 2.07. The summed E-state index contributed by atoms with van der Waals surface area (Å²) in [7, 11) is 0. The van der Waals surface area contributed by atoms with Crippen LogP contribution in [0.15, 0.2) is 24.3 Å². The van der Waals surface area contributed by atoms with Crippen LogP contribution < -0.4 is 5.32 Å². The second-order valence-electron chi connectivity index (χ2n) is 5.06. The first-order valence-corrected chi connectivity index (χ1v) is 6.59. The molecule has 0 saturated heterocycles. The first-order chi connectivity index (χ1) is 9.97. The molecule has 1 aliphatic rings. The lowest BCUT2D eigenvalue weighted by atomic mass is 10.1. The highest BCUT2D eigenvalue weighted by atomic mass is 16.6. The van der Waals surface area contributed by atoms with Gasteiger partial charge in [-0.05, 0) is 12.5 Å². The van der Waals surface area contributed by atoms with Crippen LogP contribution in [0.4, 0.5) is 0 Å². The predicted molar refractivity (Wildman–Crippen MR) is 72.9 cm³/mol. The molecular formula is C14H16N2O5. The monoisotopic (exact) mass is 292 g/mol. The molecule has 0 aromatic heterocycles. The molecule has 0 spiro atoms. The molecule has 112 valence electrons. The van der Waals surface area contributed by atoms with E-state index in [9.17, 15) is 19.7 Å². The summed E-state index contributed by atoms with van der Waals surface area (Å²) in [5, 5.41) is 13.0. The number of benzene rings is 1. The van der Waals surface area contributed by atoms with Gasteiger partial charge < -0.3 is 10.1 Å². The Morgan fingerprint density at radius 1 is 1.38 bits per heavy atom. The van der Waals surface area contributed by atoms with Gasteiger partial charge in [-0.2, -0.15) is 0 Å². The highest BCUT2D eigenvalue weighted by Crippen LogP contribution is 2.33. The number of esters is 1. The summed E-state index contributed by atoms with van der Waals surface area (Å²) in [6, 6.07) is 6.81. The van der Waals surface area contributed by atoms with E-state index < -0.39 is 35.4 Å². The number of aryl methyl sites for hydroxylation is 1. The largest absolute Gasteiger partial charge is 0.455 e. The van der Waals surface area contributed by atoms with Crippen molar-refractivity contribution in [3.63, 3.8) is 0 Å². The third-order valence-corrected chi connectivity index (χ3v) is 3.29. The zero-order valence-electron chi connectivity index (χ0n) is 11.6. The number of hydrogen-bond donors (Lipinski definition) is 1. The Hall–Kier alpha value is -2.44. The smallest absolute Gasteiger partial charge is 0.316 e. The molecule has 0 aliphatic heterocycles. The number of carbonyl (C=O) groups is 2. The van der Waals surface area contributed by atoms with E-state index in [4.69, 9.17) is 4.74 Å². The number of nitrogens with zero attached hydrogens (tertiary/aromatic N) is 1.